The number of pyridine rings is 1. The van der Waals surface area contributed by atoms with Crippen molar-refractivity contribution in [2.45, 2.75) is 0 Å². The molecule has 0 aliphatic rings. The predicted molar refractivity (Wildman–Crippen MR) is 49.3 cm³/mol. The van der Waals surface area contributed by atoms with Crippen LogP contribution in [0.4, 0.5) is 0 Å². The van der Waals surface area contributed by atoms with Crippen molar-refractivity contribution in [2.75, 3.05) is 0 Å². The van der Waals surface area contributed by atoms with Crippen LogP contribution in [0.2, 0.25) is 0 Å². The van der Waals surface area contributed by atoms with Crippen molar-refractivity contribution in [1.29, 1.82) is 0 Å². The van der Waals surface area contributed by atoms with Gasteiger partial charge in [-0.3, -0.25) is 5.10 Å². The van der Waals surface area contributed by atoms with Crippen molar-refractivity contribution in [3.8, 4) is 0 Å². The van der Waals surface area contributed by atoms with Crippen LogP contribution < -0.4 is 0 Å². The largest absolute Gasteiger partial charge is 0.269 e. The molecule has 0 aliphatic heterocycles. The molecule has 1 N–H and O–H groups in total. The zero-order valence-electron chi connectivity index (χ0n) is 5.31. The molecule has 0 aromatic carbocycles. The van der Waals surface area contributed by atoms with Gasteiger partial charge in [-0.05, 0) is 37.9 Å². The summed E-state index contributed by atoms with van der Waals surface area (Å²) in [5.74, 6) is 0. The first-order valence-electron chi connectivity index (χ1n) is 2.92. The summed E-state index contributed by atoms with van der Waals surface area (Å²) in [6.45, 7) is 0. The molecule has 2 aromatic heterocycles. The highest BCUT2D eigenvalue weighted by Crippen LogP contribution is 2.21. The minimum Gasteiger partial charge on any atom is -0.269 e. The molecule has 2 rings (SSSR count). The SMILES string of the molecule is Brc1cnc2n[nH]c(Br)c2c1. The van der Waals surface area contributed by atoms with Crippen LogP contribution in [0.15, 0.2) is 21.3 Å². The smallest absolute Gasteiger partial charge is 0.182 e. The van der Waals surface area contributed by atoms with Gasteiger partial charge in [0.05, 0.1) is 5.39 Å². The molecule has 0 aliphatic carbocycles. The zero-order chi connectivity index (χ0) is 7.84. The van der Waals surface area contributed by atoms with Crippen LogP contribution in [0.1, 0.15) is 0 Å². The first-order valence-corrected chi connectivity index (χ1v) is 4.51. The number of aromatic nitrogens is 3. The van der Waals surface area contributed by atoms with E-state index >= 15 is 0 Å². The third-order valence-electron chi connectivity index (χ3n) is 1.33. The maximum absolute atomic E-state index is 4.08. The Labute approximate surface area is 79.5 Å². The molecule has 0 saturated carbocycles. The Morgan fingerprint density at radius 2 is 2.18 bits per heavy atom. The fourth-order valence-electron chi connectivity index (χ4n) is 0.845. The molecule has 0 amide bonds. The average molecular weight is 277 g/mol. The molecule has 11 heavy (non-hydrogen) atoms. The minimum absolute atomic E-state index is 0.722. The zero-order valence-corrected chi connectivity index (χ0v) is 8.48. The number of halogens is 2. The number of hydrogen-bond donors (Lipinski definition) is 1. The number of nitrogens with one attached hydrogen (secondary N) is 1. The lowest BCUT2D eigenvalue weighted by atomic mass is 10.4. The summed E-state index contributed by atoms with van der Waals surface area (Å²) in [5, 5.41) is 7.73. The average Bonchev–Trinajstić information content (AvgIpc) is 2.33. The quantitative estimate of drug-likeness (QED) is 0.803. The van der Waals surface area contributed by atoms with Gasteiger partial charge in [0.2, 0.25) is 0 Å². The van der Waals surface area contributed by atoms with E-state index in [9.17, 15) is 0 Å². The van der Waals surface area contributed by atoms with Gasteiger partial charge in [0.25, 0.3) is 0 Å². The summed E-state index contributed by atoms with van der Waals surface area (Å²) in [5.41, 5.74) is 0.722. The fraction of sp³-hybridized carbons (Fsp3) is 0. The van der Waals surface area contributed by atoms with Crippen molar-refractivity contribution < 1.29 is 0 Å². The summed E-state index contributed by atoms with van der Waals surface area (Å²) >= 11 is 6.65. The van der Waals surface area contributed by atoms with E-state index in [1.807, 2.05) is 6.07 Å². The van der Waals surface area contributed by atoms with Gasteiger partial charge in [-0.15, -0.1) is 0 Å². The Hall–Kier alpha value is -0.420. The third kappa shape index (κ3) is 1.18. The molecule has 0 unspecified atom stereocenters. The van der Waals surface area contributed by atoms with E-state index in [0.29, 0.717) is 0 Å². The Morgan fingerprint density at radius 1 is 1.36 bits per heavy atom. The normalized spacial score (nSPS) is 10.7. The van der Waals surface area contributed by atoms with Gasteiger partial charge in [-0.1, -0.05) is 0 Å². The van der Waals surface area contributed by atoms with E-state index in [2.05, 4.69) is 47.0 Å². The molecule has 3 nitrogen and oxygen atoms in total. The molecule has 0 saturated heterocycles. The first-order chi connectivity index (χ1) is 5.27. The first kappa shape index (κ1) is 7.24. The van der Waals surface area contributed by atoms with Crippen molar-refractivity contribution in [1.82, 2.24) is 15.2 Å². The van der Waals surface area contributed by atoms with Gasteiger partial charge < -0.3 is 0 Å². The van der Waals surface area contributed by atoms with Gasteiger partial charge in [-0.2, -0.15) is 5.10 Å². The molecule has 56 valence electrons. The second-order valence-electron chi connectivity index (χ2n) is 2.06. The number of fused-ring (bicyclic) bond motifs is 1. The van der Waals surface area contributed by atoms with E-state index in [4.69, 9.17) is 0 Å². The second-order valence-corrected chi connectivity index (χ2v) is 3.77. The Morgan fingerprint density at radius 3 is 3.00 bits per heavy atom. The molecule has 0 spiro atoms. The van der Waals surface area contributed by atoms with Gasteiger partial charge in [0.1, 0.15) is 4.60 Å². The van der Waals surface area contributed by atoms with Crippen LogP contribution in [0.25, 0.3) is 11.0 Å². The molecule has 2 aromatic rings. The molecule has 5 heteroatoms. The predicted octanol–water partition coefficient (Wildman–Crippen LogP) is 2.48. The number of nitrogens with zero attached hydrogens (tertiary/aromatic N) is 2. The number of H-pyrrole nitrogens is 1. The fourth-order valence-corrected chi connectivity index (χ4v) is 1.56. The monoisotopic (exact) mass is 275 g/mol. The van der Waals surface area contributed by atoms with Crippen molar-refractivity contribution in [3.05, 3.63) is 21.3 Å². The Kier molecular flexibility index (Phi) is 1.69. The van der Waals surface area contributed by atoms with Crippen LogP contribution in [-0.4, -0.2) is 15.2 Å². The topological polar surface area (TPSA) is 41.6 Å². The standard InChI is InChI=1S/C6H3Br2N3/c7-3-1-4-5(8)10-11-6(4)9-2-3/h1-2H,(H,9,10,11). The van der Waals surface area contributed by atoms with Crippen molar-refractivity contribution >= 4 is 42.9 Å². The Balaban J connectivity index is 2.87. The van der Waals surface area contributed by atoms with Crippen molar-refractivity contribution in [2.24, 2.45) is 0 Å². The minimum atomic E-state index is 0.722. The number of hydrogen-bond acceptors (Lipinski definition) is 2. The maximum atomic E-state index is 4.08. The van der Waals surface area contributed by atoms with E-state index in [0.717, 1.165) is 20.1 Å². The van der Waals surface area contributed by atoms with Crippen LogP contribution in [-0.2, 0) is 0 Å². The van der Waals surface area contributed by atoms with Crippen LogP contribution >= 0.6 is 31.9 Å². The van der Waals surface area contributed by atoms with Gasteiger partial charge in [0.15, 0.2) is 5.65 Å². The maximum Gasteiger partial charge on any atom is 0.182 e. The lowest BCUT2D eigenvalue weighted by Gasteiger charge is -1.88. The molecular weight excluding hydrogens is 274 g/mol. The van der Waals surface area contributed by atoms with Crippen molar-refractivity contribution in [3.63, 3.8) is 0 Å². The van der Waals surface area contributed by atoms with Gasteiger partial charge >= 0.3 is 0 Å². The van der Waals surface area contributed by atoms with E-state index in [1.54, 1.807) is 6.20 Å². The van der Waals surface area contributed by atoms with Gasteiger partial charge in [0, 0.05) is 10.7 Å². The van der Waals surface area contributed by atoms with Gasteiger partial charge in [-0.25, -0.2) is 4.98 Å². The van der Waals surface area contributed by atoms with Crippen LogP contribution in [0, 0.1) is 0 Å². The number of aromatic amines is 1. The summed E-state index contributed by atoms with van der Waals surface area (Å²) < 4.78 is 1.81. The molecule has 0 fully saturated rings. The molecule has 0 atom stereocenters. The van der Waals surface area contributed by atoms with E-state index < -0.39 is 0 Å². The summed E-state index contributed by atoms with van der Waals surface area (Å²) in [7, 11) is 0. The lowest BCUT2D eigenvalue weighted by Crippen LogP contribution is -1.74. The lowest BCUT2D eigenvalue weighted by molar-refractivity contribution is 1.08. The summed E-state index contributed by atoms with van der Waals surface area (Å²) in [6, 6.07) is 1.95. The van der Waals surface area contributed by atoms with Crippen LogP contribution in [0.5, 0.6) is 0 Å². The molecule has 0 radical (unpaired) electrons. The van der Waals surface area contributed by atoms with E-state index in [1.165, 1.54) is 0 Å². The highest BCUT2D eigenvalue weighted by atomic mass is 79.9. The van der Waals surface area contributed by atoms with Crippen LogP contribution in [0.3, 0.4) is 0 Å². The third-order valence-corrected chi connectivity index (χ3v) is 2.37. The summed E-state index contributed by atoms with van der Waals surface area (Å²) in [6.07, 6.45) is 1.72. The second kappa shape index (κ2) is 2.57. The highest BCUT2D eigenvalue weighted by molar-refractivity contribution is 9.11. The molecule has 0 bridgehead atoms. The summed E-state index contributed by atoms with van der Waals surface area (Å²) in [4.78, 5) is 4.08. The Bertz CT molecular complexity index is 396. The highest BCUT2D eigenvalue weighted by Gasteiger charge is 2.02. The van der Waals surface area contributed by atoms with E-state index in [-0.39, 0.29) is 0 Å². The number of rotatable bonds is 0. The molecule has 2 heterocycles. The molecular formula is C6H3Br2N3.